The van der Waals surface area contributed by atoms with Crippen LogP contribution in [0.2, 0.25) is 0 Å². The first-order chi connectivity index (χ1) is 8.22. The Morgan fingerprint density at radius 2 is 2.41 bits per heavy atom. The molecule has 1 aromatic heterocycles. The number of rotatable bonds is 3. The Hall–Kier alpha value is -1.29. The zero-order valence-electron chi connectivity index (χ0n) is 10.5. The van der Waals surface area contributed by atoms with E-state index in [-0.39, 0.29) is 5.97 Å². The smallest absolute Gasteiger partial charge is 0.354 e. The lowest BCUT2D eigenvalue weighted by molar-refractivity contribution is 0.0589. The molecule has 0 radical (unpaired) electrons. The molecule has 1 N–H and O–H groups in total. The zero-order valence-corrected chi connectivity index (χ0v) is 10.5. The molecule has 0 spiro atoms. The van der Waals surface area contributed by atoms with Gasteiger partial charge in [-0.1, -0.05) is 0 Å². The second-order valence-electron chi connectivity index (χ2n) is 4.68. The van der Waals surface area contributed by atoms with E-state index in [4.69, 9.17) is 4.74 Å². The summed E-state index contributed by atoms with van der Waals surface area (Å²) in [7, 11) is 3.35. The lowest BCUT2D eigenvalue weighted by atomic mass is 9.95. The highest BCUT2D eigenvalue weighted by atomic mass is 16.5. The Kier molecular flexibility index (Phi) is 3.84. The second-order valence-corrected chi connectivity index (χ2v) is 4.68. The van der Waals surface area contributed by atoms with Crippen LogP contribution in [0, 0.1) is 5.92 Å². The Bertz CT molecular complexity index is 392. The number of carbonyl (C=O) groups excluding carboxylic acids is 1. The normalized spacial score (nSPS) is 20.2. The first kappa shape index (κ1) is 12.2. The van der Waals surface area contributed by atoms with Crippen molar-refractivity contribution >= 4 is 5.97 Å². The van der Waals surface area contributed by atoms with Crippen LogP contribution in [0.25, 0.3) is 0 Å². The molecule has 94 valence electrons. The van der Waals surface area contributed by atoms with Crippen molar-refractivity contribution in [2.45, 2.75) is 19.3 Å². The molecule has 0 bridgehead atoms. The highest BCUT2D eigenvalue weighted by molar-refractivity contribution is 5.87. The number of nitrogens with zero attached hydrogens (tertiary/aromatic N) is 1. The molecular weight excluding hydrogens is 216 g/mol. The monoisotopic (exact) mass is 236 g/mol. The van der Waals surface area contributed by atoms with Crippen molar-refractivity contribution in [1.82, 2.24) is 9.88 Å². The topological polar surface area (TPSA) is 43.3 Å². The van der Waals surface area contributed by atoms with E-state index in [2.05, 4.69) is 5.32 Å². The molecule has 0 amide bonds. The fraction of sp³-hybridized carbons (Fsp3) is 0.615. The van der Waals surface area contributed by atoms with Crippen molar-refractivity contribution in [3.8, 4) is 0 Å². The minimum atomic E-state index is -0.263. The van der Waals surface area contributed by atoms with Crippen molar-refractivity contribution in [3.63, 3.8) is 0 Å². The number of ether oxygens (including phenoxy) is 1. The minimum absolute atomic E-state index is 0.263. The van der Waals surface area contributed by atoms with Crippen LogP contribution in [-0.4, -0.2) is 30.7 Å². The van der Waals surface area contributed by atoms with E-state index in [1.165, 1.54) is 25.6 Å². The number of aromatic nitrogens is 1. The lowest BCUT2D eigenvalue weighted by Crippen LogP contribution is -2.31. The molecule has 4 heteroatoms. The summed E-state index contributed by atoms with van der Waals surface area (Å²) in [5.74, 6) is 0.420. The number of methoxy groups -OCH3 is 1. The van der Waals surface area contributed by atoms with Gasteiger partial charge >= 0.3 is 5.97 Å². The predicted molar refractivity (Wildman–Crippen MR) is 66.1 cm³/mol. The van der Waals surface area contributed by atoms with Gasteiger partial charge in [0.15, 0.2) is 0 Å². The Labute approximate surface area is 102 Å². The molecule has 1 aliphatic heterocycles. The highest BCUT2D eigenvalue weighted by Gasteiger charge is 2.17. The molecule has 0 aliphatic carbocycles. The van der Waals surface area contributed by atoms with Crippen LogP contribution in [0.1, 0.15) is 29.0 Å². The highest BCUT2D eigenvalue weighted by Crippen LogP contribution is 2.18. The summed E-state index contributed by atoms with van der Waals surface area (Å²) in [5, 5.41) is 3.41. The van der Waals surface area contributed by atoms with Crippen LogP contribution in [0.4, 0.5) is 0 Å². The van der Waals surface area contributed by atoms with E-state index in [0.717, 1.165) is 19.5 Å². The van der Waals surface area contributed by atoms with Gasteiger partial charge in [-0.3, -0.25) is 0 Å². The van der Waals surface area contributed by atoms with Gasteiger partial charge in [-0.05, 0) is 50.4 Å². The lowest BCUT2D eigenvalue weighted by Gasteiger charge is -2.22. The molecule has 1 aliphatic rings. The maximum Gasteiger partial charge on any atom is 0.354 e. The van der Waals surface area contributed by atoms with Crippen LogP contribution < -0.4 is 5.32 Å². The number of hydrogen-bond donors (Lipinski definition) is 1. The maximum atomic E-state index is 11.5. The van der Waals surface area contributed by atoms with E-state index >= 15 is 0 Å². The van der Waals surface area contributed by atoms with E-state index < -0.39 is 0 Å². The standard InChI is InChI=1S/C13H20N2O2/c1-15-11(5-6-12(15)13(16)17-2)8-10-4-3-7-14-9-10/h5-6,10,14H,3-4,7-9H2,1-2H3. The molecule has 4 nitrogen and oxygen atoms in total. The van der Waals surface area contributed by atoms with Gasteiger partial charge in [-0.2, -0.15) is 0 Å². The summed E-state index contributed by atoms with van der Waals surface area (Å²) in [4.78, 5) is 11.5. The fourth-order valence-corrected chi connectivity index (χ4v) is 2.46. The van der Waals surface area contributed by atoms with Crippen LogP contribution in [0.15, 0.2) is 12.1 Å². The third-order valence-corrected chi connectivity index (χ3v) is 3.52. The molecule has 2 heterocycles. The van der Waals surface area contributed by atoms with E-state index in [9.17, 15) is 4.79 Å². The van der Waals surface area contributed by atoms with Gasteiger partial charge in [0.2, 0.25) is 0 Å². The zero-order chi connectivity index (χ0) is 12.3. The summed E-state index contributed by atoms with van der Waals surface area (Å²) < 4.78 is 6.69. The average Bonchev–Trinajstić information content (AvgIpc) is 2.72. The largest absolute Gasteiger partial charge is 0.464 e. The van der Waals surface area contributed by atoms with Crippen molar-refractivity contribution in [1.29, 1.82) is 0 Å². The summed E-state index contributed by atoms with van der Waals surface area (Å²) in [6.07, 6.45) is 3.55. The van der Waals surface area contributed by atoms with Gasteiger partial charge in [-0.15, -0.1) is 0 Å². The van der Waals surface area contributed by atoms with E-state index in [0.29, 0.717) is 11.6 Å². The number of carbonyl (C=O) groups is 1. The molecule has 1 saturated heterocycles. The molecule has 0 saturated carbocycles. The Morgan fingerprint density at radius 3 is 3.06 bits per heavy atom. The van der Waals surface area contributed by atoms with E-state index in [1.807, 2.05) is 23.7 Å². The molecule has 2 rings (SSSR count). The Balaban J connectivity index is 2.06. The molecular formula is C13H20N2O2. The maximum absolute atomic E-state index is 11.5. The SMILES string of the molecule is COC(=O)c1ccc(CC2CCCNC2)n1C. The van der Waals surface area contributed by atoms with Gasteiger partial charge in [0.1, 0.15) is 5.69 Å². The van der Waals surface area contributed by atoms with Gasteiger partial charge in [-0.25, -0.2) is 4.79 Å². The summed E-state index contributed by atoms with van der Waals surface area (Å²) >= 11 is 0. The fourth-order valence-electron chi connectivity index (χ4n) is 2.46. The van der Waals surface area contributed by atoms with E-state index in [1.54, 1.807) is 0 Å². The number of esters is 1. The van der Waals surface area contributed by atoms with Gasteiger partial charge in [0.05, 0.1) is 7.11 Å². The first-order valence-electron chi connectivity index (χ1n) is 6.16. The van der Waals surface area contributed by atoms with Crippen LogP contribution >= 0.6 is 0 Å². The molecule has 1 unspecified atom stereocenters. The summed E-state index contributed by atoms with van der Waals surface area (Å²) in [5.41, 5.74) is 1.84. The number of hydrogen-bond acceptors (Lipinski definition) is 3. The van der Waals surface area contributed by atoms with Crippen molar-refractivity contribution in [2.24, 2.45) is 13.0 Å². The third-order valence-electron chi connectivity index (χ3n) is 3.52. The van der Waals surface area contributed by atoms with Crippen LogP contribution in [0.3, 0.4) is 0 Å². The van der Waals surface area contributed by atoms with Crippen LogP contribution in [-0.2, 0) is 18.2 Å². The van der Waals surface area contributed by atoms with Crippen molar-refractivity contribution < 1.29 is 9.53 Å². The number of piperidine rings is 1. The minimum Gasteiger partial charge on any atom is -0.464 e. The second kappa shape index (κ2) is 5.36. The molecule has 17 heavy (non-hydrogen) atoms. The van der Waals surface area contributed by atoms with Crippen molar-refractivity contribution in [3.05, 3.63) is 23.5 Å². The summed E-state index contributed by atoms with van der Waals surface area (Å²) in [6.45, 7) is 2.22. The molecule has 1 aromatic rings. The average molecular weight is 236 g/mol. The van der Waals surface area contributed by atoms with Crippen molar-refractivity contribution in [2.75, 3.05) is 20.2 Å². The molecule has 1 fully saturated rings. The quantitative estimate of drug-likeness (QED) is 0.806. The number of nitrogens with one attached hydrogen (secondary N) is 1. The van der Waals surface area contributed by atoms with Gasteiger partial charge < -0.3 is 14.6 Å². The summed E-state index contributed by atoms with van der Waals surface area (Å²) in [6, 6.07) is 3.87. The van der Waals surface area contributed by atoms with Gasteiger partial charge in [0, 0.05) is 12.7 Å². The van der Waals surface area contributed by atoms with Crippen LogP contribution in [0.5, 0.6) is 0 Å². The van der Waals surface area contributed by atoms with Gasteiger partial charge in [0.25, 0.3) is 0 Å². The Morgan fingerprint density at radius 1 is 1.59 bits per heavy atom. The molecule has 0 aromatic carbocycles. The predicted octanol–water partition coefficient (Wildman–Crippen LogP) is 1.35. The first-order valence-corrected chi connectivity index (χ1v) is 6.16. The third kappa shape index (κ3) is 2.69. The molecule has 1 atom stereocenters.